The van der Waals surface area contributed by atoms with E-state index in [-0.39, 0.29) is 46.4 Å². The van der Waals surface area contributed by atoms with Gasteiger partial charge in [0.25, 0.3) is 0 Å². The second kappa shape index (κ2) is 17.0. The summed E-state index contributed by atoms with van der Waals surface area (Å²) in [7, 11) is 0. The van der Waals surface area contributed by atoms with Crippen molar-refractivity contribution in [3.63, 3.8) is 0 Å². The van der Waals surface area contributed by atoms with E-state index >= 15 is 0 Å². The van der Waals surface area contributed by atoms with Crippen molar-refractivity contribution in [1.29, 1.82) is 0 Å². The zero-order chi connectivity index (χ0) is 36.5. The Balaban J connectivity index is 1.64. The molecule has 2 aromatic carbocycles. The molecule has 0 heterocycles. The summed E-state index contributed by atoms with van der Waals surface area (Å²) >= 11 is 0. The number of rotatable bonds is 15. The van der Waals surface area contributed by atoms with E-state index in [0.29, 0.717) is 37.4 Å². The van der Waals surface area contributed by atoms with Crippen molar-refractivity contribution in [2.45, 2.75) is 156 Å². The number of phenols is 2. The highest BCUT2D eigenvalue weighted by atomic mass is 16.7. The van der Waals surface area contributed by atoms with Crippen LogP contribution in [0.25, 0.3) is 0 Å². The first-order valence-electron chi connectivity index (χ1n) is 17.6. The molecule has 4 N–H and O–H groups in total. The van der Waals surface area contributed by atoms with Crippen LogP contribution in [0.15, 0.2) is 24.3 Å². The first-order chi connectivity index (χ1) is 22.0. The lowest BCUT2D eigenvalue weighted by molar-refractivity contribution is -0.152. The molecule has 0 unspecified atom stereocenters. The number of aryl methyl sites for hydroxylation is 2. The monoisotopic (exact) mass is 668 g/mol. The summed E-state index contributed by atoms with van der Waals surface area (Å²) in [4.78, 5) is 35.2. The largest absolute Gasteiger partial charge is 0.507 e. The van der Waals surface area contributed by atoms with E-state index < -0.39 is 0 Å². The molecule has 0 bridgehead atoms. The van der Waals surface area contributed by atoms with Crippen LogP contribution in [0.2, 0.25) is 0 Å². The van der Waals surface area contributed by atoms with Crippen molar-refractivity contribution in [3.05, 3.63) is 57.6 Å². The number of hydrogen-bond acceptors (Lipinski definition) is 8. The number of hydrogen-bond donors (Lipinski definition) is 4. The van der Waals surface area contributed by atoms with E-state index in [4.69, 9.17) is 9.68 Å². The first-order valence-corrected chi connectivity index (χ1v) is 17.6. The molecule has 0 aliphatic heterocycles. The summed E-state index contributed by atoms with van der Waals surface area (Å²) in [5.74, 6) is 0.0641. The van der Waals surface area contributed by atoms with Crippen LogP contribution >= 0.6 is 0 Å². The first kappa shape index (κ1) is 41.1. The van der Waals surface area contributed by atoms with Crippen molar-refractivity contribution in [2.24, 2.45) is 0 Å². The molecule has 0 aliphatic rings. The summed E-state index contributed by atoms with van der Waals surface area (Å²) in [5.41, 5.74) is 10.3. The average molecular weight is 669 g/mol. The summed E-state index contributed by atoms with van der Waals surface area (Å²) in [6.07, 6.45) is 5.19. The van der Waals surface area contributed by atoms with Gasteiger partial charge in [-0.05, 0) is 80.7 Å². The number of phenolic OH excluding ortho intramolecular Hbond substituents is 2. The van der Waals surface area contributed by atoms with Gasteiger partial charge in [-0.3, -0.25) is 9.59 Å². The van der Waals surface area contributed by atoms with E-state index in [9.17, 15) is 19.8 Å². The molecule has 0 spiro atoms. The van der Waals surface area contributed by atoms with Crippen molar-refractivity contribution in [3.8, 4) is 11.5 Å². The maximum absolute atomic E-state index is 12.4. The van der Waals surface area contributed by atoms with Gasteiger partial charge in [-0.1, -0.05) is 120 Å². The topological polar surface area (TPSA) is 117 Å². The molecule has 0 aromatic heterocycles. The molecule has 0 radical (unpaired) electrons. The fourth-order valence-electron chi connectivity index (χ4n) is 5.57. The van der Waals surface area contributed by atoms with Gasteiger partial charge in [0, 0.05) is 13.1 Å². The lowest BCUT2D eigenvalue weighted by Crippen LogP contribution is -2.22. The summed E-state index contributed by atoms with van der Waals surface area (Å²) in [6, 6.07) is 8.01. The van der Waals surface area contributed by atoms with E-state index in [1.165, 1.54) is 0 Å². The van der Waals surface area contributed by atoms with Gasteiger partial charge in [0.2, 0.25) is 0 Å². The minimum Gasteiger partial charge on any atom is -0.507 e. The Labute approximate surface area is 290 Å². The maximum atomic E-state index is 12.4. The van der Waals surface area contributed by atoms with Gasteiger partial charge in [0.1, 0.15) is 11.5 Å². The molecule has 8 heteroatoms. The van der Waals surface area contributed by atoms with Crippen LogP contribution in [0.5, 0.6) is 11.5 Å². The van der Waals surface area contributed by atoms with Crippen LogP contribution in [0.4, 0.5) is 0 Å². The number of benzene rings is 2. The van der Waals surface area contributed by atoms with Crippen LogP contribution in [-0.4, -0.2) is 35.2 Å². The van der Waals surface area contributed by atoms with Gasteiger partial charge >= 0.3 is 11.9 Å². The third kappa shape index (κ3) is 13.1. The molecule has 0 fully saturated rings. The van der Waals surface area contributed by atoms with Gasteiger partial charge in [-0.2, -0.15) is 11.0 Å². The number of carbonyl (C=O) groups excluding carboxylic acids is 2. The Hall–Kier alpha value is -3.10. The highest BCUT2D eigenvalue weighted by Gasteiger charge is 2.28. The minimum absolute atomic E-state index is 0.216. The molecular formula is C40H64N2O6. The lowest BCUT2D eigenvalue weighted by atomic mass is 9.78. The van der Waals surface area contributed by atoms with Crippen LogP contribution < -0.4 is 11.0 Å². The van der Waals surface area contributed by atoms with Crippen molar-refractivity contribution in [2.75, 3.05) is 13.1 Å². The van der Waals surface area contributed by atoms with E-state index in [1.54, 1.807) is 0 Å². The smallest absolute Gasteiger partial charge is 0.325 e. The van der Waals surface area contributed by atoms with Crippen LogP contribution in [-0.2, 0) is 53.8 Å². The second-order valence-electron chi connectivity index (χ2n) is 17.2. The zero-order valence-electron chi connectivity index (χ0n) is 31.9. The summed E-state index contributed by atoms with van der Waals surface area (Å²) in [5, 5.41) is 21.8. The van der Waals surface area contributed by atoms with Crippen molar-refractivity contribution in [1.82, 2.24) is 11.0 Å². The summed E-state index contributed by atoms with van der Waals surface area (Å²) < 4.78 is 0. The Kier molecular flexibility index (Phi) is 14.6. The Morgan fingerprint density at radius 2 is 0.792 bits per heavy atom. The zero-order valence-corrected chi connectivity index (χ0v) is 31.9. The van der Waals surface area contributed by atoms with Gasteiger partial charge in [0.05, 0.1) is 12.8 Å². The molecule has 270 valence electrons. The van der Waals surface area contributed by atoms with Crippen molar-refractivity contribution < 1.29 is 29.5 Å². The predicted molar refractivity (Wildman–Crippen MR) is 194 cm³/mol. The van der Waals surface area contributed by atoms with Crippen LogP contribution in [0.3, 0.4) is 0 Å². The third-order valence-corrected chi connectivity index (χ3v) is 8.49. The SMILES string of the molecule is CC(C)(C)c1cc(CCC(=O)ONCCCCCCNOC(=O)CCc2cc(C(C)(C)C)c(O)c(C(C)(C)C)c2)cc(C(C)(C)C)c1O. The molecule has 2 rings (SSSR count). The molecule has 8 nitrogen and oxygen atoms in total. The molecule has 0 saturated heterocycles. The standard InChI is InChI=1S/C40H64N2O6/c1-37(2,3)29-23-27(24-30(35(29)45)38(4,5)6)17-19-33(43)47-41-21-15-13-14-16-22-42-48-34(44)20-18-28-25-31(39(7,8)9)36(46)32(26-28)40(10,11)12/h23-26,41-42,45-46H,13-22H2,1-12H3. The van der Waals surface area contributed by atoms with Crippen LogP contribution in [0, 0.1) is 0 Å². The molecule has 0 saturated carbocycles. The quantitative estimate of drug-likeness (QED) is 0.110. The third-order valence-electron chi connectivity index (χ3n) is 8.49. The highest BCUT2D eigenvalue weighted by Crippen LogP contribution is 2.41. The van der Waals surface area contributed by atoms with Gasteiger partial charge in [-0.25, -0.2) is 0 Å². The molecule has 0 amide bonds. The van der Waals surface area contributed by atoms with E-state index in [0.717, 1.165) is 59.1 Å². The number of unbranched alkanes of at least 4 members (excludes halogenated alkanes) is 3. The van der Waals surface area contributed by atoms with E-state index in [2.05, 4.69) is 94.0 Å². The minimum atomic E-state index is -0.307. The Bertz CT molecular complexity index is 1190. The Morgan fingerprint density at radius 1 is 0.521 bits per heavy atom. The van der Waals surface area contributed by atoms with Crippen molar-refractivity contribution >= 4 is 11.9 Å². The number of aromatic hydroxyl groups is 2. The molecule has 0 aliphatic carbocycles. The number of nitrogens with one attached hydrogen (secondary N) is 2. The van der Waals surface area contributed by atoms with Crippen LogP contribution in [0.1, 0.15) is 155 Å². The lowest BCUT2D eigenvalue weighted by Gasteiger charge is -2.28. The molecule has 48 heavy (non-hydrogen) atoms. The van der Waals surface area contributed by atoms with Gasteiger partial charge < -0.3 is 19.9 Å². The summed E-state index contributed by atoms with van der Waals surface area (Å²) in [6.45, 7) is 26.1. The Morgan fingerprint density at radius 3 is 1.04 bits per heavy atom. The van der Waals surface area contributed by atoms with E-state index in [1.807, 2.05) is 24.3 Å². The fourth-order valence-corrected chi connectivity index (χ4v) is 5.57. The highest BCUT2D eigenvalue weighted by molar-refractivity contribution is 5.70. The molecule has 2 aromatic rings. The van der Waals surface area contributed by atoms with Gasteiger partial charge in [-0.15, -0.1) is 0 Å². The molecular weight excluding hydrogens is 604 g/mol. The predicted octanol–water partition coefficient (Wildman–Crippen LogP) is 8.51. The fraction of sp³-hybridized carbons (Fsp3) is 0.650. The van der Waals surface area contributed by atoms with Gasteiger partial charge in [0.15, 0.2) is 0 Å². The number of carbonyl (C=O) groups is 2. The average Bonchev–Trinajstić information content (AvgIpc) is 2.94. The normalized spacial score (nSPS) is 12.7. The maximum Gasteiger partial charge on any atom is 0.325 e. The number of hydroxylamine groups is 2. The second-order valence-corrected chi connectivity index (χ2v) is 17.2. The molecule has 0 atom stereocenters.